The molecule has 2 aliphatic rings. The molecule has 0 amide bonds. The highest BCUT2D eigenvalue weighted by molar-refractivity contribution is 6.11. The SMILES string of the molecule is CCOC(=O)c1c2cccccc-2c(C(=O)OCC)c1C(C#N)C#N. The highest BCUT2D eigenvalue weighted by atomic mass is 16.5. The van der Waals surface area contributed by atoms with Crippen molar-refractivity contribution >= 4 is 11.9 Å². The van der Waals surface area contributed by atoms with Gasteiger partial charge in [-0.15, -0.1) is 0 Å². The summed E-state index contributed by atoms with van der Waals surface area (Å²) in [6.07, 6.45) is 0. The zero-order valence-electron chi connectivity index (χ0n) is 13.9. The van der Waals surface area contributed by atoms with Gasteiger partial charge in [-0.2, -0.15) is 10.5 Å². The maximum atomic E-state index is 12.5. The second kappa shape index (κ2) is 7.94. The smallest absolute Gasteiger partial charge is 0.339 e. The molecule has 25 heavy (non-hydrogen) atoms. The van der Waals surface area contributed by atoms with Crippen LogP contribution in [-0.2, 0) is 9.47 Å². The molecule has 0 saturated carbocycles. The van der Waals surface area contributed by atoms with Crippen molar-refractivity contribution < 1.29 is 19.1 Å². The lowest BCUT2D eigenvalue weighted by atomic mass is 9.96. The number of carbonyl (C=O) groups excluding carboxylic acids is 2. The fourth-order valence-corrected chi connectivity index (χ4v) is 2.69. The molecule has 0 aromatic heterocycles. The molecule has 126 valence electrons. The van der Waals surface area contributed by atoms with Crippen molar-refractivity contribution in [2.45, 2.75) is 19.8 Å². The van der Waals surface area contributed by atoms with E-state index in [0.717, 1.165) is 0 Å². The Morgan fingerprint density at radius 3 is 1.72 bits per heavy atom. The average Bonchev–Trinajstić information content (AvgIpc) is 2.74. The molecule has 6 heteroatoms. The summed E-state index contributed by atoms with van der Waals surface area (Å²) in [4.78, 5) is 25.0. The van der Waals surface area contributed by atoms with Gasteiger partial charge >= 0.3 is 11.9 Å². The van der Waals surface area contributed by atoms with Crippen LogP contribution in [0.4, 0.5) is 0 Å². The molecule has 0 aromatic carbocycles. The first-order valence-electron chi connectivity index (χ1n) is 7.78. The maximum absolute atomic E-state index is 12.5. The summed E-state index contributed by atoms with van der Waals surface area (Å²) in [5, 5.41) is 18.7. The monoisotopic (exact) mass is 336 g/mol. The first-order valence-corrected chi connectivity index (χ1v) is 7.78. The van der Waals surface area contributed by atoms with E-state index in [9.17, 15) is 20.1 Å². The van der Waals surface area contributed by atoms with Crippen LogP contribution >= 0.6 is 0 Å². The molecule has 0 atom stereocenters. The lowest BCUT2D eigenvalue weighted by molar-refractivity contribution is 0.0525. The Hall–Kier alpha value is -3.38. The molecular formula is C19H16N2O4. The van der Waals surface area contributed by atoms with Gasteiger partial charge < -0.3 is 9.47 Å². The predicted molar refractivity (Wildman–Crippen MR) is 88.9 cm³/mol. The molecule has 0 saturated heterocycles. The van der Waals surface area contributed by atoms with Gasteiger partial charge in [-0.25, -0.2) is 9.59 Å². The van der Waals surface area contributed by atoms with Crippen LogP contribution in [0.15, 0.2) is 30.3 Å². The number of hydrogen-bond donors (Lipinski definition) is 0. The van der Waals surface area contributed by atoms with E-state index in [1.165, 1.54) is 0 Å². The van der Waals surface area contributed by atoms with Crippen LogP contribution in [0, 0.1) is 22.7 Å². The number of ether oxygens (including phenoxy) is 2. The van der Waals surface area contributed by atoms with Crippen LogP contribution in [0.25, 0.3) is 11.1 Å². The van der Waals surface area contributed by atoms with Gasteiger partial charge in [-0.05, 0) is 25.0 Å². The third-order valence-electron chi connectivity index (χ3n) is 3.62. The van der Waals surface area contributed by atoms with Crippen LogP contribution in [0.1, 0.15) is 46.0 Å². The second-order valence-electron chi connectivity index (χ2n) is 5.03. The summed E-state index contributed by atoms with van der Waals surface area (Å²) in [5.74, 6) is -2.66. The number of nitrogens with zero attached hydrogens (tertiary/aromatic N) is 2. The molecule has 2 aliphatic carbocycles. The lowest BCUT2D eigenvalue weighted by Gasteiger charge is -2.08. The molecule has 0 aliphatic heterocycles. The van der Waals surface area contributed by atoms with E-state index in [1.54, 1.807) is 44.2 Å². The second-order valence-corrected chi connectivity index (χ2v) is 5.03. The van der Waals surface area contributed by atoms with Crippen LogP contribution < -0.4 is 0 Å². The topological polar surface area (TPSA) is 100 Å². The summed E-state index contributed by atoms with van der Waals surface area (Å²) in [7, 11) is 0. The predicted octanol–water partition coefficient (Wildman–Crippen LogP) is 3.28. The van der Waals surface area contributed by atoms with Crippen molar-refractivity contribution in [3.8, 4) is 23.3 Å². The standard InChI is InChI=1S/C19H16N2O4/c1-3-24-18(22)16-13-8-6-5-7-9-14(13)17(19(23)25-4-2)15(16)12(10-20)11-21/h5-9,12H,3-4H2,1-2H3. The van der Waals surface area contributed by atoms with Gasteiger partial charge in [0.25, 0.3) is 0 Å². The quantitative estimate of drug-likeness (QED) is 0.777. The normalized spacial score (nSPS) is 10.1. The zero-order chi connectivity index (χ0) is 18.4. The molecule has 2 rings (SSSR count). The van der Waals surface area contributed by atoms with E-state index < -0.39 is 17.9 Å². The Bertz CT molecular complexity index is 794. The fraction of sp³-hybridized carbons (Fsp3) is 0.263. The van der Waals surface area contributed by atoms with Gasteiger partial charge in [0.1, 0.15) is 0 Å². The van der Waals surface area contributed by atoms with Crippen molar-refractivity contribution in [2.75, 3.05) is 13.2 Å². The summed E-state index contributed by atoms with van der Waals surface area (Å²) in [5.41, 5.74) is 1.05. The Morgan fingerprint density at radius 1 is 0.920 bits per heavy atom. The number of carbonyl (C=O) groups is 2. The van der Waals surface area contributed by atoms with Gasteiger partial charge in [0, 0.05) is 5.56 Å². The Morgan fingerprint density at radius 2 is 1.36 bits per heavy atom. The zero-order valence-corrected chi connectivity index (χ0v) is 13.9. The Labute approximate surface area is 145 Å². The minimum atomic E-state index is -1.29. The van der Waals surface area contributed by atoms with Crippen LogP contribution in [0.2, 0.25) is 0 Å². The first-order chi connectivity index (χ1) is 12.1. The van der Waals surface area contributed by atoms with Gasteiger partial charge in [0.05, 0.1) is 36.5 Å². The Balaban J connectivity index is 2.92. The molecular weight excluding hydrogens is 320 g/mol. The minimum absolute atomic E-state index is 0.0445. The van der Waals surface area contributed by atoms with E-state index in [-0.39, 0.29) is 29.9 Å². The maximum Gasteiger partial charge on any atom is 0.339 e. The van der Waals surface area contributed by atoms with Crippen LogP contribution in [0.5, 0.6) is 0 Å². The number of nitriles is 2. The molecule has 0 N–H and O–H groups in total. The molecule has 0 fully saturated rings. The first kappa shape index (κ1) is 18.0. The fourth-order valence-electron chi connectivity index (χ4n) is 2.69. The number of hydrogen-bond acceptors (Lipinski definition) is 6. The molecule has 0 aromatic rings. The third-order valence-corrected chi connectivity index (χ3v) is 3.62. The van der Waals surface area contributed by atoms with E-state index in [4.69, 9.17) is 9.47 Å². The highest BCUT2D eigenvalue weighted by Gasteiger charge is 2.35. The third kappa shape index (κ3) is 3.29. The molecule has 0 spiro atoms. The summed E-state index contributed by atoms with van der Waals surface area (Å²) in [6.45, 7) is 3.56. The average molecular weight is 336 g/mol. The van der Waals surface area contributed by atoms with E-state index in [1.807, 2.05) is 12.1 Å². The molecule has 0 radical (unpaired) electrons. The number of fused-ring (bicyclic) bond motifs is 1. The lowest BCUT2D eigenvalue weighted by Crippen LogP contribution is -2.12. The van der Waals surface area contributed by atoms with Gasteiger partial charge in [-0.3, -0.25) is 0 Å². The van der Waals surface area contributed by atoms with E-state index >= 15 is 0 Å². The van der Waals surface area contributed by atoms with Crippen molar-refractivity contribution in [3.05, 3.63) is 47.0 Å². The largest absolute Gasteiger partial charge is 0.462 e. The van der Waals surface area contributed by atoms with E-state index in [2.05, 4.69) is 0 Å². The highest BCUT2D eigenvalue weighted by Crippen LogP contribution is 2.41. The van der Waals surface area contributed by atoms with Crippen LogP contribution in [-0.4, -0.2) is 25.2 Å². The van der Waals surface area contributed by atoms with Gasteiger partial charge in [0.2, 0.25) is 0 Å². The summed E-state index contributed by atoms with van der Waals surface area (Å²) >= 11 is 0. The van der Waals surface area contributed by atoms with Crippen molar-refractivity contribution in [2.24, 2.45) is 0 Å². The van der Waals surface area contributed by atoms with Gasteiger partial charge in [-0.1, -0.05) is 30.3 Å². The number of esters is 2. The van der Waals surface area contributed by atoms with E-state index in [0.29, 0.717) is 11.1 Å². The number of rotatable bonds is 5. The van der Waals surface area contributed by atoms with Crippen molar-refractivity contribution in [1.29, 1.82) is 10.5 Å². The Kier molecular flexibility index (Phi) is 5.71. The van der Waals surface area contributed by atoms with Crippen molar-refractivity contribution in [1.82, 2.24) is 0 Å². The molecule has 0 bridgehead atoms. The summed E-state index contributed by atoms with van der Waals surface area (Å²) < 4.78 is 10.2. The molecule has 0 unspecified atom stereocenters. The summed E-state index contributed by atoms with van der Waals surface area (Å²) in [6, 6.07) is 12.1. The van der Waals surface area contributed by atoms with Gasteiger partial charge in [0.15, 0.2) is 5.92 Å². The minimum Gasteiger partial charge on any atom is -0.462 e. The van der Waals surface area contributed by atoms with Crippen molar-refractivity contribution in [3.63, 3.8) is 0 Å². The molecule has 6 nitrogen and oxygen atoms in total. The molecule has 0 heterocycles. The van der Waals surface area contributed by atoms with Crippen LogP contribution in [0.3, 0.4) is 0 Å².